The van der Waals surface area contributed by atoms with E-state index in [1.165, 1.54) is 0 Å². The first-order chi connectivity index (χ1) is 12.2. The van der Waals surface area contributed by atoms with Crippen LogP contribution in [0.5, 0.6) is 11.8 Å². The van der Waals surface area contributed by atoms with Gasteiger partial charge in [0.15, 0.2) is 0 Å². The first kappa shape index (κ1) is 16.1. The number of anilines is 1. The van der Waals surface area contributed by atoms with Crippen LogP contribution >= 0.6 is 0 Å². The zero-order chi connectivity index (χ0) is 17.2. The van der Waals surface area contributed by atoms with E-state index in [1.807, 2.05) is 13.1 Å². The van der Waals surface area contributed by atoms with Crippen LogP contribution in [0.3, 0.4) is 0 Å². The number of methoxy groups -OCH3 is 1. The molecule has 0 amide bonds. The van der Waals surface area contributed by atoms with Crippen molar-refractivity contribution >= 4 is 5.69 Å². The average molecular weight is 341 g/mol. The third-order valence-corrected chi connectivity index (χ3v) is 4.83. The Morgan fingerprint density at radius 3 is 2.92 bits per heavy atom. The number of rotatable bonds is 4. The molecule has 1 saturated heterocycles. The Morgan fingerprint density at radius 2 is 2.16 bits per heavy atom. The summed E-state index contributed by atoms with van der Waals surface area (Å²) in [6.07, 6.45) is 5.57. The van der Waals surface area contributed by atoms with Crippen molar-refractivity contribution in [2.45, 2.75) is 32.4 Å². The molecule has 0 unspecified atom stereocenters. The van der Waals surface area contributed by atoms with Crippen molar-refractivity contribution < 1.29 is 9.47 Å². The molecule has 0 aliphatic carbocycles. The van der Waals surface area contributed by atoms with Gasteiger partial charge in [-0.25, -0.2) is 15.0 Å². The number of aryl methyl sites for hydroxylation is 1. The van der Waals surface area contributed by atoms with Crippen molar-refractivity contribution in [3.8, 4) is 11.8 Å². The molecule has 0 spiro atoms. The van der Waals surface area contributed by atoms with Crippen LogP contribution in [0.4, 0.5) is 5.69 Å². The highest BCUT2D eigenvalue weighted by atomic mass is 16.5. The average Bonchev–Trinajstić information content (AvgIpc) is 3.15. The number of ether oxygens (including phenoxy) is 2. The van der Waals surface area contributed by atoms with E-state index < -0.39 is 0 Å². The SMILES string of the molecule is COc1ncc(N2CCc3ncnc(O[C@H]4CCNC4)c3C2)cc1C. The lowest BCUT2D eigenvalue weighted by Crippen LogP contribution is -2.32. The van der Waals surface area contributed by atoms with Gasteiger partial charge in [0, 0.05) is 25.1 Å². The molecule has 0 saturated carbocycles. The van der Waals surface area contributed by atoms with Gasteiger partial charge in [0.25, 0.3) is 0 Å². The fourth-order valence-corrected chi connectivity index (χ4v) is 3.46. The van der Waals surface area contributed by atoms with Crippen LogP contribution < -0.4 is 19.7 Å². The van der Waals surface area contributed by atoms with E-state index in [0.717, 1.165) is 67.4 Å². The summed E-state index contributed by atoms with van der Waals surface area (Å²) in [5.74, 6) is 1.39. The van der Waals surface area contributed by atoms with E-state index in [4.69, 9.17) is 9.47 Å². The van der Waals surface area contributed by atoms with E-state index in [1.54, 1.807) is 13.4 Å². The minimum atomic E-state index is 0.194. The molecule has 2 aliphatic rings. The molecule has 4 rings (SSSR count). The number of pyridine rings is 1. The number of nitrogens with one attached hydrogen (secondary N) is 1. The Hall–Kier alpha value is -2.41. The van der Waals surface area contributed by atoms with Crippen LogP contribution in [-0.2, 0) is 13.0 Å². The molecule has 1 N–H and O–H groups in total. The Labute approximate surface area is 147 Å². The molecular weight excluding hydrogens is 318 g/mol. The monoisotopic (exact) mass is 341 g/mol. The van der Waals surface area contributed by atoms with E-state index in [2.05, 4.69) is 31.2 Å². The van der Waals surface area contributed by atoms with Crippen LogP contribution in [0.1, 0.15) is 23.2 Å². The smallest absolute Gasteiger partial charge is 0.222 e. The molecule has 25 heavy (non-hydrogen) atoms. The third kappa shape index (κ3) is 3.24. The molecule has 2 aromatic rings. The van der Waals surface area contributed by atoms with Gasteiger partial charge in [0.05, 0.1) is 36.8 Å². The summed E-state index contributed by atoms with van der Waals surface area (Å²) in [4.78, 5) is 15.6. The number of fused-ring (bicyclic) bond motifs is 1. The van der Waals surface area contributed by atoms with Crippen molar-refractivity contribution in [1.82, 2.24) is 20.3 Å². The second-order valence-electron chi connectivity index (χ2n) is 6.53. The molecule has 132 valence electrons. The highest BCUT2D eigenvalue weighted by molar-refractivity contribution is 5.52. The number of aromatic nitrogens is 3. The largest absolute Gasteiger partial charge is 0.481 e. The van der Waals surface area contributed by atoms with Crippen molar-refractivity contribution in [2.75, 3.05) is 31.6 Å². The molecular formula is C18H23N5O2. The van der Waals surface area contributed by atoms with Crippen LogP contribution in [0.25, 0.3) is 0 Å². The van der Waals surface area contributed by atoms with Crippen LogP contribution in [-0.4, -0.2) is 47.8 Å². The summed E-state index contributed by atoms with van der Waals surface area (Å²) in [6.45, 7) is 5.53. The van der Waals surface area contributed by atoms with Gasteiger partial charge in [-0.15, -0.1) is 0 Å². The number of hydrogen-bond donors (Lipinski definition) is 1. The normalized spacial score (nSPS) is 19.6. The minimum Gasteiger partial charge on any atom is -0.481 e. The van der Waals surface area contributed by atoms with Gasteiger partial charge in [-0.1, -0.05) is 0 Å². The standard InChI is InChI=1S/C18H23N5O2/c1-12-7-13(8-20-17(12)24-2)23-6-4-16-15(10-23)18(22-11-21-16)25-14-3-5-19-9-14/h7-8,11,14,19H,3-6,9-10H2,1-2H3/t14-/m0/s1. The first-order valence-corrected chi connectivity index (χ1v) is 8.70. The molecule has 1 fully saturated rings. The molecule has 2 aromatic heterocycles. The van der Waals surface area contributed by atoms with E-state index in [-0.39, 0.29) is 6.10 Å². The summed E-state index contributed by atoms with van der Waals surface area (Å²) in [5, 5.41) is 3.33. The van der Waals surface area contributed by atoms with E-state index in [0.29, 0.717) is 5.88 Å². The Balaban J connectivity index is 1.58. The second kappa shape index (κ2) is 6.84. The predicted molar refractivity (Wildman–Crippen MR) is 94.2 cm³/mol. The van der Waals surface area contributed by atoms with Gasteiger partial charge in [0.2, 0.25) is 11.8 Å². The topological polar surface area (TPSA) is 72.4 Å². The Morgan fingerprint density at radius 1 is 1.24 bits per heavy atom. The number of nitrogens with zero attached hydrogens (tertiary/aromatic N) is 4. The van der Waals surface area contributed by atoms with E-state index in [9.17, 15) is 0 Å². The van der Waals surface area contributed by atoms with Crippen LogP contribution in [0, 0.1) is 6.92 Å². The van der Waals surface area contributed by atoms with Gasteiger partial charge in [-0.3, -0.25) is 0 Å². The molecule has 0 aromatic carbocycles. The summed E-state index contributed by atoms with van der Waals surface area (Å²) in [5.41, 5.74) is 4.30. The van der Waals surface area contributed by atoms with E-state index >= 15 is 0 Å². The molecule has 7 nitrogen and oxygen atoms in total. The molecule has 0 radical (unpaired) electrons. The van der Waals surface area contributed by atoms with Gasteiger partial charge in [-0.05, 0) is 26.0 Å². The van der Waals surface area contributed by atoms with Gasteiger partial charge in [-0.2, -0.15) is 0 Å². The lowest BCUT2D eigenvalue weighted by Gasteiger charge is -2.31. The van der Waals surface area contributed by atoms with Crippen molar-refractivity contribution in [3.05, 3.63) is 35.4 Å². The lowest BCUT2D eigenvalue weighted by atomic mass is 10.1. The van der Waals surface area contributed by atoms with Crippen LogP contribution in [0.15, 0.2) is 18.6 Å². The third-order valence-electron chi connectivity index (χ3n) is 4.83. The predicted octanol–water partition coefficient (Wildman–Crippen LogP) is 1.49. The molecule has 4 heterocycles. The summed E-state index contributed by atoms with van der Waals surface area (Å²) < 4.78 is 11.4. The fourth-order valence-electron chi connectivity index (χ4n) is 3.46. The van der Waals surface area contributed by atoms with Gasteiger partial charge in [0.1, 0.15) is 12.4 Å². The maximum atomic E-state index is 6.14. The van der Waals surface area contributed by atoms with Crippen molar-refractivity contribution in [1.29, 1.82) is 0 Å². The first-order valence-electron chi connectivity index (χ1n) is 8.70. The highest BCUT2D eigenvalue weighted by Crippen LogP contribution is 2.30. The van der Waals surface area contributed by atoms with Crippen LogP contribution in [0.2, 0.25) is 0 Å². The molecule has 1 atom stereocenters. The maximum Gasteiger partial charge on any atom is 0.222 e. The summed E-state index contributed by atoms with van der Waals surface area (Å²) in [7, 11) is 1.64. The highest BCUT2D eigenvalue weighted by Gasteiger charge is 2.25. The van der Waals surface area contributed by atoms with Gasteiger partial charge < -0.3 is 19.7 Å². The fraction of sp³-hybridized carbons (Fsp3) is 0.500. The van der Waals surface area contributed by atoms with Crippen molar-refractivity contribution in [3.63, 3.8) is 0 Å². The summed E-state index contributed by atoms with van der Waals surface area (Å²) >= 11 is 0. The minimum absolute atomic E-state index is 0.194. The lowest BCUT2D eigenvalue weighted by molar-refractivity contribution is 0.210. The number of hydrogen-bond acceptors (Lipinski definition) is 7. The molecule has 0 bridgehead atoms. The maximum absolute atomic E-state index is 6.14. The summed E-state index contributed by atoms with van der Waals surface area (Å²) in [6, 6.07) is 2.11. The zero-order valence-corrected chi connectivity index (χ0v) is 14.7. The Bertz CT molecular complexity index is 761. The van der Waals surface area contributed by atoms with Crippen molar-refractivity contribution in [2.24, 2.45) is 0 Å². The quantitative estimate of drug-likeness (QED) is 0.903. The Kier molecular flexibility index (Phi) is 4.40. The molecule has 7 heteroatoms. The van der Waals surface area contributed by atoms with Gasteiger partial charge >= 0.3 is 0 Å². The zero-order valence-electron chi connectivity index (χ0n) is 14.7. The molecule has 2 aliphatic heterocycles. The second-order valence-corrected chi connectivity index (χ2v) is 6.53.